The van der Waals surface area contributed by atoms with Gasteiger partial charge in [0.1, 0.15) is 17.7 Å². The van der Waals surface area contributed by atoms with Crippen LogP contribution < -0.4 is 14.8 Å². The predicted molar refractivity (Wildman–Crippen MR) is 130 cm³/mol. The van der Waals surface area contributed by atoms with Gasteiger partial charge < -0.3 is 24.4 Å². The molecule has 1 saturated heterocycles. The van der Waals surface area contributed by atoms with Gasteiger partial charge in [0, 0.05) is 30.2 Å². The Labute approximate surface area is 195 Å². The van der Waals surface area contributed by atoms with E-state index in [0.29, 0.717) is 42.9 Å². The molecule has 1 aliphatic rings. The second kappa shape index (κ2) is 10.6. The number of ether oxygens (including phenoxy) is 3. The van der Waals surface area contributed by atoms with Gasteiger partial charge in [0.25, 0.3) is 0 Å². The number of likely N-dealkylation sites (tertiary alicyclic amines) is 1. The van der Waals surface area contributed by atoms with Crippen LogP contribution in [0.1, 0.15) is 40.5 Å². The quantitative estimate of drug-likeness (QED) is 0.578. The average Bonchev–Trinajstić information content (AvgIpc) is 2.76. The molecule has 0 spiro atoms. The number of amides is 1. The van der Waals surface area contributed by atoms with Gasteiger partial charge in [0.15, 0.2) is 11.5 Å². The molecule has 8 heteroatoms. The number of rotatable bonds is 7. The van der Waals surface area contributed by atoms with E-state index in [4.69, 9.17) is 14.2 Å². The van der Waals surface area contributed by atoms with Gasteiger partial charge in [0.2, 0.25) is 0 Å². The number of carbonyl (C=O) groups excluding carboxylic acids is 1. The van der Waals surface area contributed by atoms with Crippen LogP contribution in [0.3, 0.4) is 0 Å². The second-order valence-corrected chi connectivity index (χ2v) is 9.11. The Bertz CT molecular complexity index is 1020. The number of allylic oxidation sites excluding steroid dienone is 2. The summed E-state index contributed by atoms with van der Waals surface area (Å²) in [6.45, 7) is 13.4. The van der Waals surface area contributed by atoms with E-state index < -0.39 is 5.60 Å². The summed E-state index contributed by atoms with van der Waals surface area (Å²) in [5, 5.41) is 4.01. The number of methoxy groups -OCH3 is 1. The Morgan fingerprint density at radius 2 is 1.97 bits per heavy atom. The molecule has 2 heterocycles. The van der Waals surface area contributed by atoms with Crippen molar-refractivity contribution in [1.29, 1.82) is 0 Å². The van der Waals surface area contributed by atoms with Gasteiger partial charge in [0.05, 0.1) is 19.2 Å². The maximum Gasteiger partial charge on any atom is 0.410 e. The number of anilines is 1. The minimum atomic E-state index is -0.484. The Kier molecular flexibility index (Phi) is 7.79. The maximum atomic E-state index is 12.3. The van der Waals surface area contributed by atoms with Crippen LogP contribution in [0.4, 0.5) is 10.6 Å². The van der Waals surface area contributed by atoms with Gasteiger partial charge >= 0.3 is 6.09 Å². The van der Waals surface area contributed by atoms with Gasteiger partial charge in [-0.2, -0.15) is 0 Å². The number of aromatic nitrogens is 2. The number of piperidine rings is 1. The Balaban J connectivity index is 1.65. The highest BCUT2D eigenvalue weighted by Gasteiger charge is 2.27. The van der Waals surface area contributed by atoms with Crippen LogP contribution in [0.5, 0.6) is 11.5 Å². The molecular formula is C25H34N4O4. The van der Waals surface area contributed by atoms with E-state index in [1.807, 2.05) is 52.0 Å². The number of fused-ring (bicyclic) bond motifs is 1. The largest absolute Gasteiger partial charge is 0.493 e. The molecule has 33 heavy (non-hydrogen) atoms. The molecule has 2 aromatic rings. The molecule has 1 aromatic carbocycles. The van der Waals surface area contributed by atoms with Crippen LogP contribution in [-0.2, 0) is 4.74 Å². The van der Waals surface area contributed by atoms with Crippen molar-refractivity contribution in [2.45, 2.75) is 46.1 Å². The molecule has 0 aliphatic carbocycles. The van der Waals surface area contributed by atoms with Gasteiger partial charge in [-0.05, 0) is 58.6 Å². The number of benzene rings is 1. The lowest BCUT2D eigenvalue weighted by atomic mass is 9.98. The Morgan fingerprint density at radius 3 is 2.61 bits per heavy atom. The standard InChI is InChI=1S/C25H34N4O4/c1-7-8-17(2)28-23-19-13-21(31-6)22(14-20(19)26-16-27-23)32-15-18-9-11-29(12-10-18)24(30)33-25(3,4)5/h7-8,13-14,16,18H,2,9-12,15H2,1,3-6H3,(H,26,27,28)/b8-7-. The van der Waals surface area contributed by atoms with Crippen molar-refractivity contribution in [3.63, 3.8) is 0 Å². The first-order valence-electron chi connectivity index (χ1n) is 11.2. The summed E-state index contributed by atoms with van der Waals surface area (Å²) >= 11 is 0. The number of hydrogen-bond acceptors (Lipinski definition) is 7. The number of hydrogen-bond donors (Lipinski definition) is 1. The van der Waals surface area contributed by atoms with Gasteiger partial charge in [-0.25, -0.2) is 14.8 Å². The molecule has 178 valence electrons. The third kappa shape index (κ3) is 6.60. The van der Waals surface area contributed by atoms with Crippen LogP contribution in [-0.4, -0.2) is 53.4 Å². The lowest BCUT2D eigenvalue weighted by Gasteiger charge is -2.33. The molecule has 1 aliphatic heterocycles. The summed E-state index contributed by atoms with van der Waals surface area (Å²) in [5.41, 5.74) is 0.994. The van der Waals surface area contributed by atoms with Crippen molar-refractivity contribution in [3.05, 3.63) is 42.9 Å². The van der Waals surface area contributed by atoms with Crippen molar-refractivity contribution in [1.82, 2.24) is 14.9 Å². The summed E-state index contributed by atoms with van der Waals surface area (Å²) < 4.78 is 17.2. The summed E-state index contributed by atoms with van der Waals surface area (Å²) in [6.07, 6.45) is 6.76. The highest BCUT2D eigenvalue weighted by Crippen LogP contribution is 2.35. The van der Waals surface area contributed by atoms with E-state index in [-0.39, 0.29) is 6.09 Å². The minimum Gasteiger partial charge on any atom is -0.493 e. The first-order chi connectivity index (χ1) is 15.7. The summed E-state index contributed by atoms with van der Waals surface area (Å²) in [7, 11) is 1.61. The molecule has 0 bridgehead atoms. The van der Waals surface area contributed by atoms with Crippen molar-refractivity contribution in [2.24, 2.45) is 5.92 Å². The van der Waals surface area contributed by atoms with Crippen LogP contribution in [0.25, 0.3) is 10.9 Å². The van der Waals surface area contributed by atoms with E-state index >= 15 is 0 Å². The predicted octanol–water partition coefficient (Wildman–Crippen LogP) is 5.17. The van der Waals surface area contributed by atoms with Crippen LogP contribution in [0, 0.1) is 5.92 Å². The van der Waals surface area contributed by atoms with E-state index in [0.717, 1.165) is 29.4 Å². The monoisotopic (exact) mass is 454 g/mol. The van der Waals surface area contributed by atoms with Crippen molar-refractivity contribution in [2.75, 3.05) is 32.1 Å². The minimum absolute atomic E-state index is 0.251. The molecule has 1 aromatic heterocycles. The SMILES string of the molecule is C=C(/C=C\C)Nc1ncnc2cc(OCC3CCN(C(=O)OC(C)(C)C)CC3)c(OC)cc12. The Hall–Kier alpha value is -3.29. The van der Waals surface area contributed by atoms with Gasteiger partial charge in [-0.15, -0.1) is 0 Å². The fraction of sp³-hybridized carbons (Fsp3) is 0.480. The lowest BCUT2D eigenvalue weighted by molar-refractivity contribution is 0.0164. The zero-order valence-corrected chi connectivity index (χ0v) is 20.2. The van der Waals surface area contributed by atoms with Crippen LogP contribution in [0.15, 0.2) is 42.9 Å². The molecule has 0 unspecified atom stereocenters. The smallest absolute Gasteiger partial charge is 0.410 e. The highest BCUT2D eigenvalue weighted by molar-refractivity contribution is 5.92. The molecule has 0 saturated carbocycles. The van der Waals surface area contributed by atoms with Crippen molar-refractivity contribution >= 4 is 22.8 Å². The number of nitrogens with zero attached hydrogens (tertiary/aromatic N) is 3. The zero-order chi connectivity index (χ0) is 24.0. The molecule has 1 amide bonds. The summed E-state index contributed by atoms with van der Waals surface area (Å²) in [6, 6.07) is 3.75. The number of carbonyl (C=O) groups is 1. The lowest BCUT2D eigenvalue weighted by Crippen LogP contribution is -2.42. The molecule has 1 N–H and O–H groups in total. The fourth-order valence-corrected chi connectivity index (χ4v) is 3.65. The molecule has 0 radical (unpaired) electrons. The van der Waals surface area contributed by atoms with Crippen molar-refractivity contribution in [3.8, 4) is 11.5 Å². The van der Waals surface area contributed by atoms with Crippen LogP contribution in [0.2, 0.25) is 0 Å². The first kappa shape index (κ1) is 24.4. The average molecular weight is 455 g/mol. The normalized spacial score (nSPS) is 15.0. The second-order valence-electron chi connectivity index (χ2n) is 9.11. The summed E-state index contributed by atoms with van der Waals surface area (Å²) in [4.78, 5) is 22.8. The third-order valence-electron chi connectivity index (χ3n) is 5.31. The Morgan fingerprint density at radius 1 is 1.24 bits per heavy atom. The van der Waals surface area contributed by atoms with Crippen LogP contribution >= 0.6 is 0 Å². The maximum absolute atomic E-state index is 12.3. The van der Waals surface area contributed by atoms with Gasteiger partial charge in [-0.1, -0.05) is 12.7 Å². The molecular weight excluding hydrogens is 420 g/mol. The molecule has 8 nitrogen and oxygen atoms in total. The third-order valence-corrected chi connectivity index (χ3v) is 5.31. The number of nitrogens with one attached hydrogen (secondary N) is 1. The first-order valence-corrected chi connectivity index (χ1v) is 11.2. The van der Waals surface area contributed by atoms with E-state index in [9.17, 15) is 4.79 Å². The molecule has 3 rings (SSSR count). The summed E-state index contributed by atoms with van der Waals surface area (Å²) in [5.74, 6) is 2.25. The van der Waals surface area contributed by atoms with E-state index in [1.165, 1.54) is 6.33 Å². The highest BCUT2D eigenvalue weighted by atomic mass is 16.6. The topological polar surface area (TPSA) is 85.8 Å². The van der Waals surface area contributed by atoms with E-state index in [2.05, 4.69) is 21.9 Å². The van der Waals surface area contributed by atoms with E-state index in [1.54, 1.807) is 12.0 Å². The fourth-order valence-electron chi connectivity index (χ4n) is 3.65. The molecule has 0 atom stereocenters. The molecule has 1 fully saturated rings. The van der Waals surface area contributed by atoms with Gasteiger partial charge in [-0.3, -0.25) is 0 Å². The zero-order valence-electron chi connectivity index (χ0n) is 20.2. The van der Waals surface area contributed by atoms with Crippen molar-refractivity contribution < 1.29 is 19.0 Å².